The molecule has 88 valence electrons. The first-order valence-electron chi connectivity index (χ1n) is 5.98. The summed E-state index contributed by atoms with van der Waals surface area (Å²) in [5.74, 6) is 1.77. The van der Waals surface area contributed by atoms with Crippen molar-refractivity contribution < 1.29 is 0 Å². The molecule has 1 aromatic rings. The molecule has 0 saturated heterocycles. The molecular formula is C14H21NS. The molecule has 0 saturated carbocycles. The van der Waals surface area contributed by atoms with E-state index in [2.05, 4.69) is 39.8 Å². The Bertz CT molecular complexity index is 398. The van der Waals surface area contributed by atoms with Crippen LogP contribution in [-0.4, -0.2) is 5.25 Å². The molecule has 1 nitrogen and oxygen atoms in total. The lowest BCUT2D eigenvalue weighted by atomic mass is 9.88. The van der Waals surface area contributed by atoms with Gasteiger partial charge in [0.1, 0.15) is 0 Å². The third kappa shape index (κ3) is 1.89. The molecule has 1 aromatic carbocycles. The van der Waals surface area contributed by atoms with Crippen LogP contribution in [0, 0.1) is 19.8 Å². The number of rotatable bonds is 1. The van der Waals surface area contributed by atoms with Crippen LogP contribution >= 0.6 is 11.8 Å². The Morgan fingerprint density at radius 3 is 2.50 bits per heavy atom. The lowest BCUT2D eigenvalue weighted by molar-refractivity contribution is 0.518. The fraction of sp³-hybridized carbons (Fsp3) is 0.571. The number of aryl methyl sites for hydroxylation is 2. The number of hydrogen-bond acceptors (Lipinski definition) is 2. The molecule has 2 unspecified atom stereocenters. The van der Waals surface area contributed by atoms with Gasteiger partial charge in [-0.15, -0.1) is 0 Å². The summed E-state index contributed by atoms with van der Waals surface area (Å²) in [6.07, 6.45) is 0. The molecule has 1 aliphatic heterocycles. The van der Waals surface area contributed by atoms with Crippen molar-refractivity contribution in [3.8, 4) is 0 Å². The molecule has 0 radical (unpaired) electrons. The topological polar surface area (TPSA) is 26.0 Å². The zero-order valence-corrected chi connectivity index (χ0v) is 11.4. The number of benzene rings is 1. The number of fused-ring (bicyclic) bond motifs is 1. The maximum atomic E-state index is 6.44. The normalized spacial score (nSPS) is 24.6. The van der Waals surface area contributed by atoms with Gasteiger partial charge in [-0.2, -0.15) is 11.8 Å². The monoisotopic (exact) mass is 235 g/mol. The smallest absolute Gasteiger partial charge is 0.0423 e. The predicted octanol–water partition coefficient (Wildman–Crippen LogP) is 3.57. The number of nitrogens with two attached hydrogens (primary N) is 1. The molecule has 0 amide bonds. The van der Waals surface area contributed by atoms with Gasteiger partial charge in [0, 0.05) is 17.0 Å². The minimum atomic E-state index is 0.202. The van der Waals surface area contributed by atoms with Crippen molar-refractivity contribution in [3.63, 3.8) is 0 Å². The van der Waals surface area contributed by atoms with Crippen molar-refractivity contribution in [3.05, 3.63) is 34.4 Å². The van der Waals surface area contributed by atoms with Crippen LogP contribution in [0.5, 0.6) is 0 Å². The third-order valence-electron chi connectivity index (χ3n) is 3.57. The first-order valence-corrected chi connectivity index (χ1v) is 7.03. The Hall–Kier alpha value is -0.470. The van der Waals surface area contributed by atoms with Gasteiger partial charge in [-0.25, -0.2) is 0 Å². The summed E-state index contributed by atoms with van der Waals surface area (Å²) in [7, 11) is 0. The highest BCUT2D eigenvalue weighted by atomic mass is 32.2. The quantitative estimate of drug-likeness (QED) is 0.805. The third-order valence-corrected chi connectivity index (χ3v) is 5.25. The molecule has 0 bridgehead atoms. The molecule has 2 heteroatoms. The van der Waals surface area contributed by atoms with Gasteiger partial charge in [-0.1, -0.05) is 26.0 Å². The van der Waals surface area contributed by atoms with Crippen molar-refractivity contribution in [2.75, 3.05) is 0 Å². The minimum absolute atomic E-state index is 0.202. The van der Waals surface area contributed by atoms with E-state index in [1.54, 1.807) is 0 Å². The second-order valence-corrected chi connectivity index (χ2v) is 6.30. The minimum Gasteiger partial charge on any atom is -0.323 e. The van der Waals surface area contributed by atoms with E-state index in [0.29, 0.717) is 11.2 Å². The Morgan fingerprint density at radius 1 is 1.25 bits per heavy atom. The summed E-state index contributed by atoms with van der Waals surface area (Å²) in [5.41, 5.74) is 12.1. The highest BCUT2D eigenvalue weighted by Gasteiger charge is 2.31. The average Bonchev–Trinajstić information content (AvgIpc) is 2.23. The Morgan fingerprint density at radius 2 is 1.88 bits per heavy atom. The van der Waals surface area contributed by atoms with E-state index in [1.165, 1.54) is 22.3 Å². The van der Waals surface area contributed by atoms with Crippen LogP contribution in [0.1, 0.15) is 42.1 Å². The molecule has 0 spiro atoms. The fourth-order valence-electron chi connectivity index (χ4n) is 2.60. The van der Waals surface area contributed by atoms with Crippen molar-refractivity contribution in [1.82, 2.24) is 0 Å². The fourth-order valence-corrected chi connectivity index (χ4v) is 4.07. The van der Waals surface area contributed by atoms with Crippen molar-refractivity contribution >= 4 is 11.8 Å². The van der Waals surface area contributed by atoms with Gasteiger partial charge in [-0.3, -0.25) is 0 Å². The summed E-state index contributed by atoms with van der Waals surface area (Å²) in [4.78, 5) is 0. The van der Waals surface area contributed by atoms with Gasteiger partial charge in [-0.05, 0) is 42.0 Å². The largest absolute Gasteiger partial charge is 0.323 e. The Balaban J connectivity index is 2.48. The van der Waals surface area contributed by atoms with E-state index >= 15 is 0 Å². The summed E-state index contributed by atoms with van der Waals surface area (Å²) < 4.78 is 0. The molecule has 0 fully saturated rings. The number of hydrogen-bond donors (Lipinski definition) is 1. The molecule has 2 N–H and O–H groups in total. The molecular weight excluding hydrogens is 214 g/mol. The van der Waals surface area contributed by atoms with E-state index in [9.17, 15) is 0 Å². The summed E-state index contributed by atoms with van der Waals surface area (Å²) in [5, 5.41) is 0.563. The standard InChI is InChI=1S/C14H21NS/c1-8(2)14-13(15)12-10(4)6-5-9(3)11(12)7-16-14/h5-6,8,13-14H,7,15H2,1-4H3. The van der Waals surface area contributed by atoms with Gasteiger partial charge >= 0.3 is 0 Å². The maximum absolute atomic E-state index is 6.44. The SMILES string of the molecule is Cc1ccc(C)c2c1CSC(C(C)C)C2N. The lowest BCUT2D eigenvalue weighted by Crippen LogP contribution is -2.33. The van der Waals surface area contributed by atoms with E-state index in [1.807, 2.05) is 11.8 Å². The average molecular weight is 235 g/mol. The molecule has 2 atom stereocenters. The first kappa shape index (κ1) is 12.0. The molecule has 1 aliphatic rings. The van der Waals surface area contributed by atoms with E-state index in [4.69, 9.17) is 5.73 Å². The summed E-state index contributed by atoms with van der Waals surface area (Å²) in [6.45, 7) is 8.92. The Kier molecular flexibility index (Phi) is 3.32. The molecule has 0 aliphatic carbocycles. The Labute approximate surface area is 103 Å². The molecule has 2 rings (SSSR count). The van der Waals surface area contributed by atoms with Gasteiger partial charge in [0.2, 0.25) is 0 Å². The van der Waals surface area contributed by atoms with Gasteiger partial charge < -0.3 is 5.73 Å². The van der Waals surface area contributed by atoms with Gasteiger partial charge in [0.25, 0.3) is 0 Å². The van der Waals surface area contributed by atoms with Gasteiger partial charge in [0.15, 0.2) is 0 Å². The van der Waals surface area contributed by atoms with Crippen LogP contribution in [0.2, 0.25) is 0 Å². The van der Waals surface area contributed by atoms with E-state index < -0.39 is 0 Å². The highest BCUT2D eigenvalue weighted by Crippen LogP contribution is 2.42. The van der Waals surface area contributed by atoms with Crippen molar-refractivity contribution in [2.45, 2.75) is 44.7 Å². The van der Waals surface area contributed by atoms with Crippen molar-refractivity contribution in [2.24, 2.45) is 11.7 Å². The van der Waals surface area contributed by atoms with Crippen LogP contribution in [0.4, 0.5) is 0 Å². The second-order valence-electron chi connectivity index (χ2n) is 5.14. The van der Waals surface area contributed by atoms with Crippen LogP contribution in [0.25, 0.3) is 0 Å². The maximum Gasteiger partial charge on any atom is 0.0423 e. The zero-order chi connectivity index (χ0) is 11.9. The van der Waals surface area contributed by atoms with Crippen LogP contribution < -0.4 is 5.73 Å². The van der Waals surface area contributed by atoms with Crippen LogP contribution in [0.3, 0.4) is 0 Å². The molecule has 1 heterocycles. The highest BCUT2D eigenvalue weighted by molar-refractivity contribution is 7.99. The van der Waals surface area contributed by atoms with E-state index in [0.717, 1.165) is 5.75 Å². The van der Waals surface area contributed by atoms with E-state index in [-0.39, 0.29) is 6.04 Å². The molecule has 16 heavy (non-hydrogen) atoms. The predicted molar refractivity (Wildman–Crippen MR) is 72.8 cm³/mol. The molecule has 0 aromatic heterocycles. The number of thioether (sulfide) groups is 1. The van der Waals surface area contributed by atoms with Crippen LogP contribution in [0.15, 0.2) is 12.1 Å². The van der Waals surface area contributed by atoms with Crippen molar-refractivity contribution in [1.29, 1.82) is 0 Å². The first-order chi connectivity index (χ1) is 7.52. The van der Waals surface area contributed by atoms with Crippen LogP contribution in [-0.2, 0) is 5.75 Å². The zero-order valence-electron chi connectivity index (χ0n) is 10.6. The summed E-state index contributed by atoms with van der Waals surface area (Å²) in [6, 6.07) is 4.63. The second kappa shape index (κ2) is 4.42. The van der Waals surface area contributed by atoms with Gasteiger partial charge in [0.05, 0.1) is 0 Å². The summed E-state index contributed by atoms with van der Waals surface area (Å²) >= 11 is 2.02. The lowest BCUT2D eigenvalue weighted by Gasteiger charge is -2.35.